The van der Waals surface area contributed by atoms with Crippen molar-refractivity contribution < 1.29 is 14.4 Å². The number of thiazole rings is 1. The summed E-state index contributed by atoms with van der Waals surface area (Å²) in [6.45, 7) is 0. The Bertz CT molecular complexity index is 1230. The molecular formula is C21H16N4O3S2. The van der Waals surface area contributed by atoms with Crippen LogP contribution in [0.2, 0.25) is 0 Å². The number of amides is 2. The van der Waals surface area contributed by atoms with Crippen LogP contribution in [0.1, 0.15) is 15.2 Å². The van der Waals surface area contributed by atoms with Crippen molar-refractivity contribution in [2.24, 2.45) is 5.73 Å². The summed E-state index contributed by atoms with van der Waals surface area (Å²) in [6, 6.07) is 12.0. The molecule has 0 bridgehead atoms. The lowest BCUT2D eigenvalue weighted by Crippen LogP contribution is -2.47. The van der Waals surface area contributed by atoms with Gasteiger partial charge in [0.1, 0.15) is 16.6 Å². The largest absolute Gasteiger partial charge is 0.363 e. The number of benzene rings is 1. The molecule has 4 aromatic rings. The first kappa shape index (κ1) is 19.9. The molecule has 0 saturated heterocycles. The number of carbonyl (C=O) groups excluding carboxylic acids is 3. The van der Waals surface area contributed by atoms with E-state index >= 15 is 0 Å². The van der Waals surface area contributed by atoms with Gasteiger partial charge in [-0.1, -0.05) is 24.3 Å². The molecule has 0 spiro atoms. The number of hydrogen-bond acceptors (Lipinski definition) is 7. The van der Waals surface area contributed by atoms with Gasteiger partial charge in [-0.05, 0) is 34.5 Å². The van der Waals surface area contributed by atoms with Gasteiger partial charge in [0.2, 0.25) is 5.78 Å². The highest BCUT2D eigenvalue weighted by molar-refractivity contribution is 7.17. The molecule has 0 radical (unpaired) electrons. The number of thiophene rings is 1. The predicted molar refractivity (Wildman–Crippen MR) is 116 cm³/mol. The van der Waals surface area contributed by atoms with Crippen LogP contribution in [-0.2, 0) is 16.0 Å². The number of hydrogen-bond donors (Lipinski definition) is 2. The molecule has 7 nitrogen and oxygen atoms in total. The molecule has 3 heterocycles. The van der Waals surface area contributed by atoms with Crippen molar-refractivity contribution in [2.75, 3.05) is 0 Å². The summed E-state index contributed by atoms with van der Waals surface area (Å²) in [5.41, 5.74) is 8.61. The second kappa shape index (κ2) is 8.52. The van der Waals surface area contributed by atoms with Gasteiger partial charge in [0.25, 0.3) is 11.8 Å². The van der Waals surface area contributed by atoms with Crippen LogP contribution < -0.4 is 11.1 Å². The van der Waals surface area contributed by atoms with Crippen molar-refractivity contribution in [3.05, 3.63) is 70.0 Å². The average molecular weight is 437 g/mol. The molecule has 0 saturated carbocycles. The summed E-state index contributed by atoms with van der Waals surface area (Å²) in [4.78, 5) is 45.8. The molecule has 1 aromatic carbocycles. The Hall–Kier alpha value is -3.43. The van der Waals surface area contributed by atoms with Crippen LogP contribution in [-0.4, -0.2) is 33.6 Å². The monoisotopic (exact) mass is 436 g/mol. The van der Waals surface area contributed by atoms with E-state index in [9.17, 15) is 14.4 Å². The maximum absolute atomic E-state index is 13.0. The first-order valence-electron chi connectivity index (χ1n) is 8.99. The van der Waals surface area contributed by atoms with Crippen LogP contribution in [0.4, 0.5) is 0 Å². The third-order valence-corrected chi connectivity index (χ3v) is 6.37. The highest BCUT2D eigenvalue weighted by Crippen LogP contribution is 2.27. The zero-order valence-corrected chi connectivity index (χ0v) is 17.2. The summed E-state index contributed by atoms with van der Waals surface area (Å²) >= 11 is 2.67. The lowest BCUT2D eigenvalue weighted by Gasteiger charge is -2.16. The lowest BCUT2D eigenvalue weighted by atomic mass is 10.0. The standard InChI is InChI=1S/C21H16N4O3S2/c22-20(27)18(26)15(9-12-10-29-16-7-2-1-5-13(12)16)25-21(28)19-17(24-11-30-19)14-6-3-4-8-23-14/h1-8,10-11,15H,9H2,(H2,22,27)(H,25,28). The molecule has 0 fully saturated rings. The number of nitrogens with two attached hydrogens (primary N) is 1. The molecule has 0 aliphatic carbocycles. The third-order valence-electron chi connectivity index (χ3n) is 4.53. The molecular weight excluding hydrogens is 420 g/mol. The Morgan fingerprint density at radius 2 is 1.83 bits per heavy atom. The number of fused-ring (bicyclic) bond motifs is 1. The summed E-state index contributed by atoms with van der Waals surface area (Å²) < 4.78 is 1.06. The number of ketones is 1. The number of primary amides is 1. The van der Waals surface area contributed by atoms with Crippen molar-refractivity contribution >= 4 is 50.4 Å². The fraction of sp³-hybridized carbons (Fsp3) is 0.0952. The van der Waals surface area contributed by atoms with Gasteiger partial charge in [-0.3, -0.25) is 19.4 Å². The predicted octanol–water partition coefficient (Wildman–Crippen LogP) is 2.82. The van der Waals surface area contributed by atoms with Crippen LogP contribution in [0.15, 0.2) is 59.6 Å². The number of carbonyl (C=O) groups is 3. The SMILES string of the molecule is NC(=O)C(=O)C(Cc1csc2ccccc12)NC(=O)c1scnc1-c1ccccn1. The Morgan fingerprint density at radius 1 is 1.03 bits per heavy atom. The number of rotatable bonds is 7. The van der Waals surface area contributed by atoms with E-state index in [4.69, 9.17) is 5.73 Å². The first-order chi connectivity index (χ1) is 14.5. The summed E-state index contributed by atoms with van der Waals surface area (Å²) in [5, 5.41) is 5.57. The molecule has 1 atom stereocenters. The summed E-state index contributed by atoms with van der Waals surface area (Å²) in [6.07, 6.45) is 1.77. The zero-order valence-electron chi connectivity index (χ0n) is 15.6. The van der Waals surface area contributed by atoms with Crippen LogP contribution in [0.3, 0.4) is 0 Å². The van der Waals surface area contributed by atoms with Gasteiger partial charge >= 0.3 is 0 Å². The van der Waals surface area contributed by atoms with Gasteiger partial charge < -0.3 is 11.1 Å². The third kappa shape index (κ3) is 3.98. The van der Waals surface area contributed by atoms with Gasteiger partial charge in [-0.15, -0.1) is 22.7 Å². The van der Waals surface area contributed by atoms with E-state index in [0.717, 1.165) is 27.0 Å². The number of pyridine rings is 1. The minimum Gasteiger partial charge on any atom is -0.363 e. The van der Waals surface area contributed by atoms with Gasteiger partial charge in [-0.2, -0.15) is 0 Å². The minimum atomic E-state index is -1.09. The highest BCUT2D eigenvalue weighted by atomic mass is 32.1. The number of aromatic nitrogens is 2. The van der Waals surface area contributed by atoms with Crippen molar-refractivity contribution in [1.29, 1.82) is 0 Å². The topological polar surface area (TPSA) is 115 Å². The Balaban J connectivity index is 1.62. The number of nitrogens with zero attached hydrogens (tertiary/aromatic N) is 2. The van der Waals surface area contributed by atoms with Crippen LogP contribution in [0, 0.1) is 0 Å². The second-order valence-electron chi connectivity index (χ2n) is 6.46. The molecule has 4 rings (SSSR count). The van der Waals surface area contributed by atoms with Gasteiger partial charge in [-0.25, -0.2) is 4.98 Å². The van der Waals surface area contributed by atoms with Crippen molar-refractivity contribution in [1.82, 2.24) is 15.3 Å². The van der Waals surface area contributed by atoms with Crippen LogP contribution in [0.5, 0.6) is 0 Å². The smallest absolute Gasteiger partial charge is 0.287 e. The van der Waals surface area contributed by atoms with Crippen LogP contribution >= 0.6 is 22.7 Å². The Labute approximate surface area is 179 Å². The van der Waals surface area contributed by atoms with E-state index in [1.54, 1.807) is 24.4 Å². The molecule has 0 aliphatic rings. The highest BCUT2D eigenvalue weighted by Gasteiger charge is 2.28. The van der Waals surface area contributed by atoms with Gasteiger partial charge in [0.15, 0.2) is 0 Å². The lowest BCUT2D eigenvalue weighted by molar-refractivity contribution is -0.137. The van der Waals surface area contributed by atoms with E-state index in [1.807, 2.05) is 29.6 Å². The summed E-state index contributed by atoms with van der Waals surface area (Å²) in [7, 11) is 0. The van der Waals surface area contributed by atoms with E-state index < -0.39 is 23.6 Å². The van der Waals surface area contributed by atoms with E-state index in [0.29, 0.717) is 16.3 Å². The van der Waals surface area contributed by atoms with Crippen molar-refractivity contribution in [3.8, 4) is 11.4 Å². The summed E-state index contributed by atoms with van der Waals surface area (Å²) in [5.74, 6) is -2.44. The molecule has 3 aromatic heterocycles. The van der Waals surface area contributed by atoms with E-state index in [1.165, 1.54) is 16.8 Å². The second-order valence-corrected chi connectivity index (χ2v) is 8.23. The van der Waals surface area contributed by atoms with Crippen LogP contribution in [0.25, 0.3) is 21.5 Å². The number of nitrogens with one attached hydrogen (secondary N) is 1. The normalized spacial score (nSPS) is 11.9. The minimum absolute atomic E-state index is 0.162. The molecule has 1 unspecified atom stereocenters. The fourth-order valence-electron chi connectivity index (χ4n) is 3.11. The molecule has 9 heteroatoms. The first-order valence-corrected chi connectivity index (χ1v) is 10.7. The van der Waals surface area contributed by atoms with Crippen molar-refractivity contribution in [2.45, 2.75) is 12.5 Å². The fourth-order valence-corrected chi connectivity index (χ4v) is 4.78. The van der Waals surface area contributed by atoms with E-state index in [2.05, 4.69) is 15.3 Å². The van der Waals surface area contributed by atoms with E-state index in [-0.39, 0.29) is 6.42 Å². The van der Waals surface area contributed by atoms with Gasteiger partial charge in [0, 0.05) is 17.3 Å². The molecule has 150 valence electrons. The zero-order chi connectivity index (χ0) is 21.1. The Morgan fingerprint density at radius 3 is 2.60 bits per heavy atom. The molecule has 3 N–H and O–H groups in total. The maximum Gasteiger partial charge on any atom is 0.287 e. The molecule has 0 aliphatic heterocycles. The number of Topliss-reactive ketones (excluding diaryl/α,β-unsaturated/α-hetero) is 1. The van der Waals surface area contributed by atoms with Crippen molar-refractivity contribution in [3.63, 3.8) is 0 Å². The average Bonchev–Trinajstić information content (AvgIpc) is 3.41. The quantitative estimate of drug-likeness (QED) is 0.432. The maximum atomic E-state index is 13.0. The Kier molecular flexibility index (Phi) is 5.64. The molecule has 30 heavy (non-hydrogen) atoms. The van der Waals surface area contributed by atoms with Gasteiger partial charge in [0.05, 0.1) is 11.2 Å². The molecule has 2 amide bonds.